The molecule has 6 heteroatoms. The quantitative estimate of drug-likeness (QED) is 0.499. The average molecular weight is 383 g/mol. The minimum atomic E-state index is -0.299. The maximum atomic E-state index is 13.2. The van der Waals surface area contributed by atoms with Gasteiger partial charge in [0.15, 0.2) is 5.82 Å². The molecule has 4 nitrogen and oxygen atoms in total. The van der Waals surface area contributed by atoms with E-state index in [0.717, 1.165) is 27.9 Å². The summed E-state index contributed by atoms with van der Waals surface area (Å²) >= 11 is 1.39. The minimum Gasteiger partial charge on any atom is -0.353 e. The molecule has 0 fully saturated rings. The molecule has 1 heterocycles. The van der Waals surface area contributed by atoms with Gasteiger partial charge in [-0.25, -0.2) is 14.4 Å². The van der Waals surface area contributed by atoms with E-state index in [4.69, 9.17) is 0 Å². The highest BCUT2D eigenvalue weighted by Gasteiger charge is 2.13. The number of amides is 1. The second kappa shape index (κ2) is 8.48. The summed E-state index contributed by atoms with van der Waals surface area (Å²) in [7, 11) is 0. The zero-order valence-corrected chi connectivity index (χ0v) is 16.4. The summed E-state index contributed by atoms with van der Waals surface area (Å²) in [5.74, 6) is 0.478. The van der Waals surface area contributed by atoms with Crippen molar-refractivity contribution in [2.75, 3.05) is 5.75 Å². The molecule has 27 heavy (non-hydrogen) atoms. The molecule has 0 unspecified atom stereocenters. The fraction of sp³-hybridized carbons (Fsp3) is 0.286. The monoisotopic (exact) mass is 383 g/mol. The van der Waals surface area contributed by atoms with Gasteiger partial charge in [0.2, 0.25) is 5.91 Å². The molecule has 0 aliphatic heterocycles. The molecule has 0 atom stereocenters. The lowest BCUT2D eigenvalue weighted by atomic mass is 10.1. The summed E-state index contributed by atoms with van der Waals surface area (Å²) in [6.07, 6.45) is 0.910. The predicted molar refractivity (Wildman–Crippen MR) is 108 cm³/mol. The van der Waals surface area contributed by atoms with Gasteiger partial charge in [-0.05, 0) is 62.2 Å². The molecule has 3 rings (SSSR count). The maximum absolute atomic E-state index is 13.2. The van der Waals surface area contributed by atoms with Crippen molar-refractivity contribution in [1.29, 1.82) is 0 Å². The Morgan fingerprint density at radius 2 is 1.89 bits per heavy atom. The van der Waals surface area contributed by atoms with Gasteiger partial charge in [-0.15, -0.1) is 0 Å². The number of fused-ring (bicyclic) bond motifs is 1. The molecule has 0 bridgehead atoms. The van der Waals surface area contributed by atoms with Crippen LogP contribution in [0.3, 0.4) is 0 Å². The van der Waals surface area contributed by atoms with Crippen LogP contribution >= 0.6 is 11.8 Å². The summed E-state index contributed by atoms with van der Waals surface area (Å²) in [4.78, 5) is 21.4. The number of nitrogens with one attached hydrogen (secondary N) is 1. The highest BCUT2D eigenvalue weighted by Crippen LogP contribution is 2.29. The number of carbonyl (C=O) groups is 1. The lowest BCUT2D eigenvalue weighted by molar-refractivity contribution is -0.119. The van der Waals surface area contributed by atoms with E-state index < -0.39 is 0 Å². The Morgan fingerprint density at radius 3 is 2.56 bits per heavy atom. The molecule has 0 radical (unpaired) electrons. The van der Waals surface area contributed by atoms with Crippen LogP contribution in [0.1, 0.15) is 26.3 Å². The molecule has 0 aliphatic rings. The number of nitrogens with zero attached hydrogens (tertiary/aromatic N) is 2. The molecule has 3 aromatic rings. The van der Waals surface area contributed by atoms with Crippen LogP contribution in [0.25, 0.3) is 22.3 Å². The van der Waals surface area contributed by atoms with E-state index in [-0.39, 0.29) is 23.5 Å². The summed E-state index contributed by atoms with van der Waals surface area (Å²) < 4.78 is 13.2. The third kappa shape index (κ3) is 4.83. The van der Waals surface area contributed by atoms with Gasteiger partial charge in [0, 0.05) is 17.0 Å². The van der Waals surface area contributed by atoms with E-state index in [1.54, 1.807) is 12.1 Å². The zero-order valence-electron chi connectivity index (χ0n) is 15.6. The minimum absolute atomic E-state index is 0.0308. The van der Waals surface area contributed by atoms with Crippen LogP contribution in [0.2, 0.25) is 0 Å². The lowest BCUT2D eigenvalue weighted by Gasteiger charge is -2.11. The van der Waals surface area contributed by atoms with Crippen LogP contribution in [0.5, 0.6) is 0 Å². The van der Waals surface area contributed by atoms with E-state index in [0.29, 0.717) is 5.82 Å². The van der Waals surface area contributed by atoms with Gasteiger partial charge in [-0.2, -0.15) is 0 Å². The van der Waals surface area contributed by atoms with Crippen molar-refractivity contribution >= 4 is 28.6 Å². The van der Waals surface area contributed by atoms with E-state index in [2.05, 4.69) is 28.3 Å². The summed E-state index contributed by atoms with van der Waals surface area (Å²) in [6.45, 7) is 5.96. The number of aryl methyl sites for hydroxylation is 1. The van der Waals surface area contributed by atoms with Gasteiger partial charge < -0.3 is 5.32 Å². The van der Waals surface area contributed by atoms with Gasteiger partial charge in [0.25, 0.3) is 0 Å². The van der Waals surface area contributed by atoms with E-state index in [9.17, 15) is 9.18 Å². The topological polar surface area (TPSA) is 54.9 Å². The number of rotatable bonds is 6. The number of hydrogen-bond acceptors (Lipinski definition) is 4. The number of benzene rings is 2. The van der Waals surface area contributed by atoms with Crippen molar-refractivity contribution < 1.29 is 9.18 Å². The third-order valence-electron chi connectivity index (χ3n) is 4.03. The van der Waals surface area contributed by atoms with Gasteiger partial charge in [-0.1, -0.05) is 24.8 Å². The van der Waals surface area contributed by atoms with Crippen molar-refractivity contribution in [3.63, 3.8) is 0 Å². The van der Waals surface area contributed by atoms with E-state index >= 15 is 0 Å². The molecule has 1 N–H and O–H groups in total. The number of hydrogen-bond donors (Lipinski definition) is 1. The highest BCUT2D eigenvalue weighted by molar-refractivity contribution is 8.00. The van der Waals surface area contributed by atoms with Crippen LogP contribution in [-0.2, 0) is 11.2 Å². The van der Waals surface area contributed by atoms with Crippen LogP contribution < -0.4 is 5.32 Å². The second-order valence-electron chi connectivity index (χ2n) is 6.58. The molecule has 0 saturated heterocycles. The third-order valence-corrected chi connectivity index (χ3v) is 5.02. The van der Waals surface area contributed by atoms with E-state index in [1.807, 2.05) is 26.0 Å². The van der Waals surface area contributed by atoms with Crippen molar-refractivity contribution in [2.45, 2.75) is 38.3 Å². The van der Waals surface area contributed by atoms with Gasteiger partial charge in [-0.3, -0.25) is 4.79 Å². The van der Waals surface area contributed by atoms with Crippen LogP contribution in [0.4, 0.5) is 4.39 Å². The first-order chi connectivity index (χ1) is 13.0. The standard InChI is InChI=1S/C21H22FN3OS/c1-4-14-5-10-18-17(11-14)21(27-12-19(26)23-13(2)3)25-20(24-18)15-6-8-16(22)9-7-15/h5-11,13H,4,12H2,1-3H3,(H,23,26). The van der Waals surface area contributed by atoms with Crippen LogP contribution in [0, 0.1) is 5.82 Å². The van der Waals surface area contributed by atoms with Gasteiger partial charge in [0.05, 0.1) is 11.3 Å². The van der Waals surface area contributed by atoms with Crippen molar-refractivity contribution in [1.82, 2.24) is 15.3 Å². The first kappa shape index (κ1) is 19.3. The first-order valence-corrected chi connectivity index (χ1v) is 9.93. The van der Waals surface area contributed by atoms with Crippen LogP contribution in [0.15, 0.2) is 47.5 Å². The molecular weight excluding hydrogens is 361 g/mol. The second-order valence-corrected chi connectivity index (χ2v) is 7.54. The molecule has 0 aliphatic carbocycles. The lowest BCUT2D eigenvalue weighted by Crippen LogP contribution is -2.31. The largest absolute Gasteiger partial charge is 0.353 e. The molecular formula is C21H22FN3OS. The number of aromatic nitrogens is 2. The molecule has 0 spiro atoms. The Hall–Kier alpha value is -2.47. The molecule has 1 amide bonds. The molecule has 2 aromatic carbocycles. The average Bonchev–Trinajstić information content (AvgIpc) is 2.65. The van der Waals surface area contributed by atoms with Gasteiger partial charge in [0.1, 0.15) is 10.8 Å². The Balaban J connectivity index is 2.01. The fourth-order valence-electron chi connectivity index (χ4n) is 2.70. The van der Waals surface area contributed by atoms with Crippen molar-refractivity contribution in [2.24, 2.45) is 0 Å². The number of carbonyl (C=O) groups excluding carboxylic acids is 1. The van der Waals surface area contributed by atoms with Crippen molar-refractivity contribution in [3.05, 3.63) is 53.8 Å². The first-order valence-electron chi connectivity index (χ1n) is 8.95. The molecule has 140 valence electrons. The Labute approximate surface area is 162 Å². The Morgan fingerprint density at radius 1 is 1.15 bits per heavy atom. The summed E-state index contributed by atoms with van der Waals surface area (Å²) in [6, 6.07) is 12.3. The fourth-order valence-corrected chi connectivity index (χ4v) is 3.52. The zero-order chi connectivity index (χ0) is 19.4. The Kier molecular flexibility index (Phi) is 6.06. The smallest absolute Gasteiger partial charge is 0.230 e. The maximum Gasteiger partial charge on any atom is 0.230 e. The molecule has 1 aromatic heterocycles. The van der Waals surface area contributed by atoms with E-state index in [1.165, 1.54) is 29.5 Å². The summed E-state index contributed by atoms with van der Waals surface area (Å²) in [5.41, 5.74) is 2.74. The van der Waals surface area contributed by atoms with Crippen LogP contribution in [-0.4, -0.2) is 27.7 Å². The predicted octanol–water partition coefficient (Wildman–Crippen LogP) is 4.62. The number of thioether (sulfide) groups is 1. The molecule has 0 saturated carbocycles. The summed E-state index contributed by atoms with van der Waals surface area (Å²) in [5, 5.41) is 4.58. The normalized spacial score (nSPS) is 11.1. The number of halogens is 1. The highest BCUT2D eigenvalue weighted by atomic mass is 32.2. The van der Waals surface area contributed by atoms with Gasteiger partial charge >= 0.3 is 0 Å². The van der Waals surface area contributed by atoms with Crippen molar-refractivity contribution in [3.8, 4) is 11.4 Å². The SMILES string of the molecule is CCc1ccc2nc(-c3ccc(F)cc3)nc(SCC(=O)NC(C)C)c2c1. The Bertz CT molecular complexity index is 958.